The molecule has 258 valence electrons. The molecule has 0 amide bonds. The summed E-state index contributed by atoms with van der Waals surface area (Å²) in [5.41, 5.74) is 13.0. The van der Waals surface area contributed by atoms with Crippen molar-refractivity contribution >= 4 is 87.7 Å². The van der Waals surface area contributed by atoms with E-state index in [1.54, 1.807) is 0 Å². The molecule has 7 aromatic carbocycles. The fraction of sp³-hybridized carbons (Fsp3) is 0.0400. The monoisotopic (exact) mass is 704 g/mol. The Morgan fingerprint density at radius 2 is 1.07 bits per heavy atom. The average Bonchev–Trinajstić information content (AvgIpc) is 3.91. The topological polar surface area (TPSA) is 48.8 Å². The van der Waals surface area contributed by atoms with Crippen LogP contribution in [0.2, 0.25) is 0 Å². The van der Waals surface area contributed by atoms with Gasteiger partial charge in [-0.1, -0.05) is 121 Å². The van der Waals surface area contributed by atoms with Crippen molar-refractivity contribution in [3.8, 4) is 17.1 Å². The summed E-state index contributed by atoms with van der Waals surface area (Å²) in [6, 6.07) is 55.8. The zero-order chi connectivity index (χ0) is 36.0. The highest BCUT2D eigenvalue weighted by atomic mass is 16.3. The molecular formula is C50H32N4O. The number of hydrogen-bond donors (Lipinski definition) is 0. The Bertz CT molecular complexity index is 3390. The van der Waals surface area contributed by atoms with Gasteiger partial charge in [-0.15, -0.1) is 0 Å². The van der Waals surface area contributed by atoms with E-state index in [-0.39, 0.29) is 0 Å². The number of aromatic nitrogens is 4. The largest absolute Gasteiger partial charge is 0.455 e. The zero-order valence-electron chi connectivity index (χ0n) is 29.8. The summed E-state index contributed by atoms with van der Waals surface area (Å²) >= 11 is 0. The van der Waals surface area contributed by atoms with Crippen LogP contribution in [0.25, 0.3) is 105 Å². The minimum atomic E-state index is 0.671. The molecule has 55 heavy (non-hydrogen) atoms. The summed E-state index contributed by atoms with van der Waals surface area (Å²) < 4.78 is 11.1. The summed E-state index contributed by atoms with van der Waals surface area (Å²) in [7, 11) is 0. The molecule has 1 aliphatic rings. The lowest BCUT2D eigenvalue weighted by molar-refractivity contribution is 0.670. The second kappa shape index (κ2) is 11.6. The van der Waals surface area contributed by atoms with E-state index < -0.39 is 0 Å². The first-order chi connectivity index (χ1) is 27.3. The number of para-hydroxylation sites is 6. The van der Waals surface area contributed by atoms with Crippen molar-refractivity contribution in [1.29, 1.82) is 0 Å². The van der Waals surface area contributed by atoms with Crippen LogP contribution in [0.3, 0.4) is 0 Å². The van der Waals surface area contributed by atoms with Gasteiger partial charge in [0.05, 0.1) is 33.3 Å². The van der Waals surface area contributed by atoms with E-state index >= 15 is 0 Å². The third kappa shape index (κ3) is 4.47. The molecule has 5 heteroatoms. The molecule has 0 spiro atoms. The molecule has 0 radical (unpaired) electrons. The second-order valence-corrected chi connectivity index (χ2v) is 14.5. The fourth-order valence-corrected chi connectivity index (χ4v) is 8.98. The van der Waals surface area contributed by atoms with Gasteiger partial charge in [-0.2, -0.15) is 0 Å². The quantitative estimate of drug-likeness (QED) is 0.183. The molecule has 12 rings (SSSR count). The number of benzene rings is 7. The Balaban J connectivity index is 1.03. The first-order valence-electron chi connectivity index (χ1n) is 18.9. The van der Waals surface area contributed by atoms with E-state index in [9.17, 15) is 0 Å². The van der Waals surface area contributed by atoms with Gasteiger partial charge in [0.1, 0.15) is 11.2 Å². The van der Waals surface area contributed by atoms with Crippen molar-refractivity contribution in [2.75, 3.05) is 0 Å². The van der Waals surface area contributed by atoms with E-state index in [0.717, 1.165) is 84.3 Å². The lowest BCUT2D eigenvalue weighted by Gasteiger charge is -2.19. The summed E-state index contributed by atoms with van der Waals surface area (Å²) in [6.45, 7) is 0. The Labute approximate surface area is 315 Å². The van der Waals surface area contributed by atoms with Gasteiger partial charge in [0.15, 0.2) is 0 Å². The van der Waals surface area contributed by atoms with Gasteiger partial charge in [0.2, 0.25) is 5.95 Å². The lowest BCUT2D eigenvalue weighted by Crippen LogP contribution is -2.07. The predicted octanol–water partition coefficient (Wildman–Crippen LogP) is 13.1. The maximum atomic E-state index is 6.45. The maximum Gasteiger partial charge on any atom is 0.235 e. The minimum absolute atomic E-state index is 0.671. The fourth-order valence-electron chi connectivity index (χ4n) is 8.98. The van der Waals surface area contributed by atoms with Crippen LogP contribution in [0.1, 0.15) is 18.5 Å². The first kappa shape index (κ1) is 30.2. The number of rotatable bonds is 4. The van der Waals surface area contributed by atoms with Gasteiger partial charge >= 0.3 is 0 Å². The molecule has 0 fully saturated rings. The smallest absolute Gasteiger partial charge is 0.235 e. The van der Waals surface area contributed by atoms with E-state index in [0.29, 0.717) is 5.95 Å². The van der Waals surface area contributed by atoms with Crippen molar-refractivity contribution in [1.82, 2.24) is 19.1 Å². The van der Waals surface area contributed by atoms with Gasteiger partial charge < -0.3 is 8.98 Å². The molecule has 0 saturated heterocycles. The van der Waals surface area contributed by atoms with Crippen LogP contribution >= 0.6 is 0 Å². The van der Waals surface area contributed by atoms with Gasteiger partial charge in [-0.25, -0.2) is 9.97 Å². The third-order valence-corrected chi connectivity index (χ3v) is 11.5. The number of nitrogens with zero attached hydrogens (tertiary/aromatic N) is 4. The van der Waals surface area contributed by atoms with Crippen LogP contribution in [0, 0.1) is 0 Å². The molecule has 0 unspecified atom stereocenters. The van der Waals surface area contributed by atoms with E-state index in [1.165, 1.54) is 33.1 Å². The van der Waals surface area contributed by atoms with Gasteiger partial charge in [-0.3, -0.25) is 4.57 Å². The van der Waals surface area contributed by atoms with Crippen LogP contribution < -0.4 is 0 Å². The molecule has 0 N–H and O–H groups in total. The van der Waals surface area contributed by atoms with Crippen LogP contribution in [0.5, 0.6) is 0 Å². The molecule has 1 aliphatic carbocycles. The molecule has 0 bridgehead atoms. The van der Waals surface area contributed by atoms with E-state index in [2.05, 4.69) is 167 Å². The summed E-state index contributed by atoms with van der Waals surface area (Å²) in [5.74, 6) is 0.671. The number of furan rings is 1. The molecular weight excluding hydrogens is 673 g/mol. The highest BCUT2D eigenvalue weighted by Gasteiger charge is 2.22. The SMILES string of the molecule is C1=C(c2nc(-n3c4ccccc4c4cc(-c5cccc6c5oc5ccccc56)ccc43)nc3ccccc23)CCC(n2c3ccccc3c3ccccc32)=C1. The van der Waals surface area contributed by atoms with Crippen LogP contribution in [-0.2, 0) is 0 Å². The van der Waals surface area contributed by atoms with Gasteiger partial charge in [0, 0.05) is 49.0 Å². The maximum absolute atomic E-state index is 6.45. The van der Waals surface area contributed by atoms with Crippen LogP contribution in [0.15, 0.2) is 174 Å². The van der Waals surface area contributed by atoms with E-state index in [4.69, 9.17) is 14.4 Å². The van der Waals surface area contributed by atoms with E-state index in [1.807, 2.05) is 12.1 Å². The average molecular weight is 705 g/mol. The minimum Gasteiger partial charge on any atom is -0.455 e. The third-order valence-electron chi connectivity index (χ3n) is 11.5. The number of allylic oxidation sites excluding steroid dienone is 4. The molecule has 4 aromatic heterocycles. The van der Waals surface area contributed by atoms with Crippen molar-refractivity contribution in [3.63, 3.8) is 0 Å². The molecule has 0 atom stereocenters. The number of hydrogen-bond acceptors (Lipinski definition) is 3. The normalized spacial score (nSPS) is 13.5. The summed E-state index contributed by atoms with van der Waals surface area (Å²) in [5, 5.41) is 8.19. The molecule has 0 aliphatic heterocycles. The Hall–Kier alpha value is -7.24. The van der Waals surface area contributed by atoms with Crippen molar-refractivity contribution in [3.05, 3.63) is 176 Å². The molecule has 5 nitrogen and oxygen atoms in total. The van der Waals surface area contributed by atoms with Gasteiger partial charge in [0.25, 0.3) is 0 Å². The van der Waals surface area contributed by atoms with Crippen molar-refractivity contribution in [2.45, 2.75) is 12.8 Å². The highest BCUT2D eigenvalue weighted by Crippen LogP contribution is 2.41. The first-order valence-corrected chi connectivity index (χ1v) is 18.9. The van der Waals surface area contributed by atoms with Gasteiger partial charge in [-0.05, 0) is 72.5 Å². The standard InChI is InChI=1S/C50H32N4O/c1-6-19-42-40(16-1)48(31-24-27-33(28-25-31)53-43-20-7-2-12-35(43)36-13-3-8-21-44(36)53)52-50(51-42)54-45-22-9-4-14-37(45)41-30-32(26-29-46(41)54)34-17-11-18-39-38-15-5-10-23-47(38)55-49(34)39/h1-24,26-27,29-30H,25,28H2. The molecule has 4 heterocycles. The lowest BCUT2D eigenvalue weighted by atomic mass is 9.97. The Morgan fingerprint density at radius 1 is 0.455 bits per heavy atom. The second-order valence-electron chi connectivity index (χ2n) is 14.5. The summed E-state index contributed by atoms with van der Waals surface area (Å²) in [4.78, 5) is 10.7. The zero-order valence-corrected chi connectivity index (χ0v) is 29.8. The van der Waals surface area contributed by atoms with Crippen LogP contribution in [0.4, 0.5) is 0 Å². The van der Waals surface area contributed by atoms with Crippen molar-refractivity contribution in [2.24, 2.45) is 0 Å². The molecule has 0 saturated carbocycles. The highest BCUT2D eigenvalue weighted by molar-refractivity contribution is 6.14. The Morgan fingerprint density at radius 3 is 1.82 bits per heavy atom. The Kier molecular flexibility index (Phi) is 6.39. The summed E-state index contributed by atoms with van der Waals surface area (Å²) in [6.07, 6.45) is 6.34. The molecule has 11 aromatic rings. The number of fused-ring (bicyclic) bond motifs is 10. The van der Waals surface area contributed by atoms with Crippen molar-refractivity contribution < 1.29 is 4.42 Å². The van der Waals surface area contributed by atoms with Crippen LogP contribution in [-0.4, -0.2) is 19.1 Å². The predicted molar refractivity (Wildman–Crippen MR) is 228 cm³/mol.